The highest BCUT2D eigenvalue weighted by Gasteiger charge is 2.58. The maximum absolute atomic E-state index is 13.7. The zero-order valence-corrected chi connectivity index (χ0v) is 11.3. The number of rotatable bonds is 2. The Morgan fingerprint density at radius 3 is 2.00 bits per heavy atom. The molecular formula is C17H14F3N. The topological polar surface area (TPSA) is 12.4 Å². The quantitative estimate of drug-likeness (QED) is 0.778. The van der Waals surface area contributed by atoms with Crippen LogP contribution in [0.4, 0.5) is 13.2 Å². The molecule has 0 aliphatic carbocycles. The van der Waals surface area contributed by atoms with E-state index in [1.807, 2.05) is 18.2 Å². The van der Waals surface area contributed by atoms with Crippen LogP contribution in [0.5, 0.6) is 0 Å². The molecule has 0 amide bonds. The van der Waals surface area contributed by atoms with Gasteiger partial charge in [0, 0.05) is 12.1 Å². The summed E-state index contributed by atoms with van der Waals surface area (Å²) < 4.78 is 41.2. The SMILES string of the molecule is FC(F)(F)[C@]1(c2ccccc2)CN=C(c2ccccc2)C1. The van der Waals surface area contributed by atoms with Gasteiger partial charge in [0.2, 0.25) is 0 Å². The highest BCUT2D eigenvalue weighted by Crippen LogP contribution is 2.47. The van der Waals surface area contributed by atoms with E-state index in [1.165, 1.54) is 12.1 Å². The summed E-state index contributed by atoms with van der Waals surface area (Å²) in [6.07, 6.45) is -4.43. The first-order chi connectivity index (χ1) is 10.0. The number of hydrogen-bond acceptors (Lipinski definition) is 1. The zero-order chi connectivity index (χ0) is 14.9. The second kappa shape index (κ2) is 5.02. The lowest BCUT2D eigenvalue weighted by atomic mass is 9.77. The molecule has 1 atom stereocenters. The lowest BCUT2D eigenvalue weighted by Gasteiger charge is -2.31. The summed E-state index contributed by atoms with van der Waals surface area (Å²) in [5.74, 6) is 0. The number of benzene rings is 2. The lowest BCUT2D eigenvalue weighted by Crippen LogP contribution is -2.43. The third kappa shape index (κ3) is 2.35. The van der Waals surface area contributed by atoms with E-state index in [0.29, 0.717) is 5.71 Å². The Bertz CT molecular complexity index is 647. The van der Waals surface area contributed by atoms with Gasteiger partial charge in [-0.3, -0.25) is 4.99 Å². The van der Waals surface area contributed by atoms with E-state index < -0.39 is 11.6 Å². The van der Waals surface area contributed by atoms with Crippen molar-refractivity contribution in [2.24, 2.45) is 4.99 Å². The van der Waals surface area contributed by atoms with Crippen molar-refractivity contribution in [3.05, 3.63) is 71.8 Å². The van der Waals surface area contributed by atoms with Gasteiger partial charge in [-0.25, -0.2) is 0 Å². The number of halogens is 3. The van der Waals surface area contributed by atoms with Crippen molar-refractivity contribution in [1.82, 2.24) is 0 Å². The summed E-state index contributed by atoms with van der Waals surface area (Å²) in [6.45, 7) is -0.245. The Labute approximate surface area is 121 Å². The second-order valence-corrected chi connectivity index (χ2v) is 5.25. The average molecular weight is 289 g/mol. The van der Waals surface area contributed by atoms with E-state index in [1.54, 1.807) is 30.3 Å². The van der Waals surface area contributed by atoms with Crippen LogP contribution in [0.25, 0.3) is 0 Å². The average Bonchev–Trinajstić information content (AvgIpc) is 2.95. The Morgan fingerprint density at radius 2 is 1.43 bits per heavy atom. The van der Waals surface area contributed by atoms with E-state index >= 15 is 0 Å². The van der Waals surface area contributed by atoms with Gasteiger partial charge in [0.15, 0.2) is 0 Å². The molecule has 1 aliphatic rings. The number of alkyl halides is 3. The largest absolute Gasteiger partial charge is 0.400 e. The molecule has 0 N–H and O–H groups in total. The van der Waals surface area contributed by atoms with Crippen LogP contribution in [0.3, 0.4) is 0 Å². The summed E-state index contributed by atoms with van der Waals surface area (Å²) in [6, 6.07) is 17.2. The van der Waals surface area contributed by atoms with Crippen molar-refractivity contribution < 1.29 is 13.2 Å². The molecule has 0 spiro atoms. The minimum atomic E-state index is -4.33. The van der Waals surface area contributed by atoms with Crippen LogP contribution in [0.1, 0.15) is 17.5 Å². The zero-order valence-electron chi connectivity index (χ0n) is 11.3. The summed E-state index contributed by atoms with van der Waals surface area (Å²) in [7, 11) is 0. The Hall–Kier alpha value is -2.10. The van der Waals surface area contributed by atoms with Gasteiger partial charge in [-0.05, 0) is 11.1 Å². The molecule has 0 aromatic heterocycles. The van der Waals surface area contributed by atoms with E-state index in [2.05, 4.69) is 4.99 Å². The third-order valence-electron chi connectivity index (χ3n) is 3.99. The third-order valence-corrected chi connectivity index (χ3v) is 3.99. The molecule has 4 heteroatoms. The van der Waals surface area contributed by atoms with Crippen LogP contribution in [-0.2, 0) is 5.41 Å². The van der Waals surface area contributed by atoms with Gasteiger partial charge in [0.25, 0.3) is 0 Å². The van der Waals surface area contributed by atoms with Gasteiger partial charge in [-0.2, -0.15) is 13.2 Å². The van der Waals surface area contributed by atoms with Crippen molar-refractivity contribution in [1.29, 1.82) is 0 Å². The predicted octanol–water partition coefficient (Wildman–Crippen LogP) is 4.38. The van der Waals surface area contributed by atoms with Crippen LogP contribution in [0, 0.1) is 0 Å². The highest BCUT2D eigenvalue weighted by molar-refractivity contribution is 6.02. The van der Waals surface area contributed by atoms with E-state index in [0.717, 1.165) is 5.56 Å². The van der Waals surface area contributed by atoms with Crippen molar-refractivity contribution in [3.63, 3.8) is 0 Å². The molecule has 108 valence electrons. The summed E-state index contributed by atoms with van der Waals surface area (Å²) in [5, 5.41) is 0. The summed E-state index contributed by atoms with van der Waals surface area (Å²) in [4.78, 5) is 4.20. The molecule has 0 fully saturated rings. The second-order valence-electron chi connectivity index (χ2n) is 5.25. The Morgan fingerprint density at radius 1 is 0.857 bits per heavy atom. The maximum atomic E-state index is 13.7. The maximum Gasteiger partial charge on any atom is 0.400 e. The molecule has 2 aromatic carbocycles. The van der Waals surface area contributed by atoms with Crippen molar-refractivity contribution in [3.8, 4) is 0 Å². The van der Waals surface area contributed by atoms with Crippen LogP contribution < -0.4 is 0 Å². The van der Waals surface area contributed by atoms with Crippen LogP contribution >= 0.6 is 0 Å². The molecule has 0 radical (unpaired) electrons. The minimum Gasteiger partial charge on any atom is -0.288 e. The van der Waals surface area contributed by atoms with E-state index in [4.69, 9.17) is 0 Å². The first-order valence-corrected chi connectivity index (χ1v) is 6.74. The van der Waals surface area contributed by atoms with Gasteiger partial charge in [-0.1, -0.05) is 60.7 Å². The molecule has 1 nitrogen and oxygen atoms in total. The Balaban J connectivity index is 2.00. The van der Waals surface area contributed by atoms with Crippen molar-refractivity contribution in [2.75, 3.05) is 6.54 Å². The van der Waals surface area contributed by atoms with E-state index in [-0.39, 0.29) is 18.5 Å². The minimum absolute atomic E-state index is 0.107. The fourth-order valence-corrected chi connectivity index (χ4v) is 2.76. The molecule has 0 saturated heterocycles. The smallest absolute Gasteiger partial charge is 0.288 e. The lowest BCUT2D eigenvalue weighted by molar-refractivity contribution is -0.183. The Kier molecular flexibility index (Phi) is 3.32. The van der Waals surface area contributed by atoms with Crippen molar-refractivity contribution >= 4 is 5.71 Å². The normalized spacial score (nSPS) is 22.1. The monoisotopic (exact) mass is 289 g/mol. The molecule has 0 unspecified atom stereocenters. The predicted molar refractivity (Wildman–Crippen MR) is 76.6 cm³/mol. The van der Waals surface area contributed by atoms with Crippen LogP contribution in [0.15, 0.2) is 65.7 Å². The molecule has 0 saturated carbocycles. The molecule has 1 heterocycles. The molecule has 2 aromatic rings. The summed E-state index contributed by atoms with van der Waals surface area (Å²) in [5.41, 5.74) is -0.331. The van der Waals surface area contributed by atoms with Gasteiger partial charge in [0.1, 0.15) is 5.41 Å². The molecular weight excluding hydrogens is 275 g/mol. The summed E-state index contributed by atoms with van der Waals surface area (Å²) >= 11 is 0. The standard InChI is InChI=1S/C17H14F3N/c18-17(19,20)16(14-9-5-2-6-10-14)11-15(21-12-16)13-7-3-1-4-8-13/h1-10H,11-12H2/t16-/m0/s1. The number of hydrogen-bond donors (Lipinski definition) is 0. The van der Waals surface area contributed by atoms with Crippen LogP contribution in [0.2, 0.25) is 0 Å². The number of aliphatic imine (C=N–C) groups is 1. The van der Waals surface area contributed by atoms with Gasteiger partial charge in [0.05, 0.1) is 6.54 Å². The van der Waals surface area contributed by atoms with Gasteiger partial charge < -0.3 is 0 Å². The van der Waals surface area contributed by atoms with Gasteiger partial charge in [-0.15, -0.1) is 0 Å². The first-order valence-electron chi connectivity index (χ1n) is 6.74. The molecule has 1 aliphatic heterocycles. The van der Waals surface area contributed by atoms with Crippen molar-refractivity contribution in [2.45, 2.75) is 18.0 Å². The number of nitrogens with zero attached hydrogens (tertiary/aromatic N) is 1. The van der Waals surface area contributed by atoms with Crippen LogP contribution in [-0.4, -0.2) is 18.4 Å². The highest BCUT2D eigenvalue weighted by atomic mass is 19.4. The van der Waals surface area contributed by atoms with E-state index in [9.17, 15) is 13.2 Å². The first kappa shape index (κ1) is 13.9. The fraction of sp³-hybridized carbons (Fsp3) is 0.235. The molecule has 3 rings (SSSR count). The molecule has 21 heavy (non-hydrogen) atoms. The van der Waals surface area contributed by atoms with Gasteiger partial charge >= 0.3 is 6.18 Å². The fourth-order valence-electron chi connectivity index (χ4n) is 2.76. The molecule has 0 bridgehead atoms.